The van der Waals surface area contributed by atoms with Crippen LogP contribution in [0.25, 0.3) is 0 Å². The van der Waals surface area contributed by atoms with Gasteiger partial charge in [-0.25, -0.2) is 0 Å². The molecule has 2 heteroatoms. The summed E-state index contributed by atoms with van der Waals surface area (Å²) in [7, 11) is 0. The van der Waals surface area contributed by atoms with Crippen LogP contribution in [0.5, 0.6) is 0 Å². The number of hydrogen-bond acceptors (Lipinski definition) is 1. The molecule has 0 bridgehead atoms. The number of benzene rings is 2. The second-order valence-electron chi connectivity index (χ2n) is 3.69. The van der Waals surface area contributed by atoms with Crippen LogP contribution in [0.3, 0.4) is 0 Å². The molecule has 1 atom stereocenters. The molecule has 0 N–H and O–H groups in total. The topological polar surface area (TPSA) is 23.8 Å². The molecular weight excluding hydrogens is 273 g/mol. The Hall–Kier alpha value is -1.55. The zero-order valence-electron chi connectivity index (χ0n) is 9.41. The Labute approximate surface area is 108 Å². The predicted octanol–water partition coefficient (Wildman–Crippen LogP) is 2.67. The van der Waals surface area contributed by atoms with Crippen molar-refractivity contribution in [2.75, 3.05) is 0 Å². The quantitative estimate of drug-likeness (QED) is 0.793. The van der Waals surface area contributed by atoms with E-state index in [0.29, 0.717) is 26.2 Å². The summed E-state index contributed by atoms with van der Waals surface area (Å²) in [6.45, 7) is 0. The predicted molar refractivity (Wildman–Crippen MR) is 71.2 cm³/mol. The Morgan fingerprint density at radius 3 is 2.12 bits per heavy atom. The Balaban J connectivity index is 2.17. The van der Waals surface area contributed by atoms with E-state index in [2.05, 4.69) is 42.5 Å². The molecular formula is C15H13NSe. The van der Waals surface area contributed by atoms with Crippen LogP contribution in [0.15, 0.2) is 60.7 Å². The molecule has 0 saturated heterocycles. The van der Waals surface area contributed by atoms with Crippen LogP contribution in [-0.2, 0) is 0 Å². The van der Waals surface area contributed by atoms with Crippen molar-refractivity contribution < 1.29 is 0 Å². The normalized spacial score (nSPS) is 11.7. The zero-order chi connectivity index (χ0) is 11.9. The van der Waals surface area contributed by atoms with E-state index >= 15 is 0 Å². The molecule has 1 unspecified atom stereocenters. The average molecular weight is 286 g/mol. The molecule has 0 fully saturated rings. The first-order valence-corrected chi connectivity index (χ1v) is 7.38. The molecule has 0 radical (unpaired) electrons. The molecule has 0 amide bonds. The maximum atomic E-state index is 8.94. The summed E-state index contributed by atoms with van der Waals surface area (Å²) in [4.78, 5) is 0.358. The van der Waals surface area contributed by atoms with Crippen LogP contribution in [0.4, 0.5) is 0 Å². The first kappa shape index (κ1) is 11.9. The van der Waals surface area contributed by atoms with Crippen molar-refractivity contribution in [3.8, 4) is 6.07 Å². The van der Waals surface area contributed by atoms with Gasteiger partial charge in [0.2, 0.25) is 0 Å². The van der Waals surface area contributed by atoms with Crippen LogP contribution in [0.2, 0.25) is 0 Å². The van der Waals surface area contributed by atoms with Gasteiger partial charge in [-0.05, 0) is 0 Å². The van der Waals surface area contributed by atoms with E-state index in [1.807, 2.05) is 24.3 Å². The standard InChI is InChI=1S/C15H13NSe/c16-12-11-15(13-7-3-1-4-8-13)17-14-9-5-2-6-10-14/h1-10,15H,11H2. The van der Waals surface area contributed by atoms with Crippen LogP contribution >= 0.6 is 0 Å². The summed E-state index contributed by atoms with van der Waals surface area (Å²) in [5.41, 5.74) is 1.28. The third kappa shape index (κ3) is 3.46. The number of nitriles is 1. The van der Waals surface area contributed by atoms with Gasteiger partial charge in [-0.3, -0.25) is 0 Å². The van der Waals surface area contributed by atoms with Crippen LogP contribution in [0, 0.1) is 11.3 Å². The van der Waals surface area contributed by atoms with E-state index in [1.165, 1.54) is 10.0 Å². The van der Waals surface area contributed by atoms with E-state index in [0.717, 1.165) is 0 Å². The molecule has 1 nitrogen and oxygen atoms in total. The molecule has 84 valence electrons. The van der Waals surface area contributed by atoms with Crippen molar-refractivity contribution in [1.82, 2.24) is 0 Å². The molecule has 17 heavy (non-hydrogen) atoms. The third-order valence-electron chi connectivity index (χ3n) is 2.47. The molecule has 0 aromatic heterocycles. The van der Waals surface area contributed by atoms with Crippen molar-refractivity contribution in [3.63, 3.8) is 0 Å². The summed E-state index contributed by atoms with van der Waals surface area (Å²) >= 11 is 0.318. The van der Waals surface area contributed by atoms with Crippen LogP contribution < -0.4 is 4.46 Å². The maximum absolute atomic E-state index is 8.94. The summed E-state index contributed by atoms with van der Waals surface area (Å²) in [5, 5.41) is 8.94. The molecule has 0 aliphatic heterocycles. The number of rotatable bonds is 4. The van der Waals surface area contributed by atoms with E-state index in [4.69, 9.17) is 5.26 Å². The molecule has 0 aliphatic rings. The van der Waals surface area contributed by atoms with Gasteiger partial charge in [0, 0.05) is 0 Å². The number of hydrogen-bond donors (Lipinski definition) is 0. The van der Waals surface area contributed by atoms with Crippen molar-refractivity contribution in [2.24, 2.45) is 0 Å². The van der Waals surface area contributed by atoms with Gasteiger partial charge in [0.25, 0.3) is 0 Å². The second-order valence-corrected chi connectivity index (χ2v) is 6.37. The molecule has 0 aliphatic carbocycles. The molecule has 2 aromatic carbocycles. The van der Waals surface area contributed by atoms with Crippen molar-refractivity contribution in [1.29, 1.82) is 5.26 Å². The van der Waals surface area contributed by atoms with Gasteiger partial charge in [0.15, 0.2) is 0 Å². The SMILES string of the molecule is N#CCC([Se]c1ccccc1)c1ccccc1. The van der Waals surface area contributed by atoms with E-state index in [1.54, 1.807) is 0 Å². The molecule has 0 heterocycles. The number of nitrogens with zero attached hydrogens (tertiary/aromatic N) is 1. The average Bonchev–Trinajstić information content (AvgIpc) is 2.40. The van der Waals surface area contributed by atoms with Gasteiger partial charge in [-0.2, -0.15) is 0 Å². The Kier molecular flexibility index (Phi) is 4.38. The first-order chi connectivity index (χ1) is 8.40. The van der Waals surface area contributed by atoms with Gasteiger partial charge in [0.1, 0.15) is 0 Å². The molecule has 2 aromatic rings. The van der Waals surface area contributed by atoms with Gasteiger partial charge < -0.3 is 0 Å². The summed E-state index contributed by atoms with van der Waals surface area (Å²) < 4.78 is 1.35. The molecule has 2 rings (SSSR count). The van der Waals surface area contributed by atoms with Gasteiger partial charge in [-0.15, -0.1) is 0 Å². The monoisotopic (exact) mass is 287 g/mol. The van der Waals surface area contributed by atoms with Crippen molar-refractivity contribution in [3.05, 3.63) is 66.2 Å². The zero-order valence-corrected chi connectivity index (χ0v) is 11.1. The van der Waals surface area contributed by atoms with Gasteiger partial charge in [0.05, 0.1) is 0 Å². The fourth-order valence-electron chi connectivity index (χ4n) is 1.64. The molecule has 0 spiro atoms. The summed E-state index contributed by atoms with van der Waals surface area (Å²) in [6, 6.07) is 23.1. The minimum absolute atomic E-state index is 0.318. The fraction of sp³-hybridized carbons (Fsp3) is 0.133. The fourth-order valence-corrected chi connectivity index (χ4v) is 3.94. The van der Waals surface area contributed by atoms with E-state index < -0.39 is 0 Å². The summed E-state index contributed by atoms with van der Waals surface area (Å²) in [6.07, 6.45) is 0.596. The Morgan fingerprint density at radius 1 is 0.941 bits per heavy atom. The minimum atomic E-state index is 0.318. The Morgan fingerprint density at radius 2 is 1.53 bits per heavy atom. The van der Waals surface area contributed by atoms with E-state index in [9.17, 15) is 0 Å². The van der Waals surface area contributed by atoms with Gasteiger partial charge >= 0.3 is 108 Å². The second kappa shape index (κ2) is 6.25. The van der Waals surface area contributed by atoms with Crippen LogP contribution in [0.1, 0.15) is 16.8 Å². The Bertz CT molecular complexity index is 487. The van der Waals surface area contributed by atoms with Crippen LogP contribution in [-0.4, -0.2) is 15.0 Å². The van der Waals surface area contributed by atoms with Crippen molar-refractivity contribution in [2.45, 2.75) is 11.2 Å². The first-order valence-electron chi connectivity index (χ1n) is 5.54. The van der Waals surface area contributed by atoms with E-state index in [-0.39, 0.29) is 0 Å². The van der Waals surface area contributed by atoms with Crippen molar-refractivity contribution >= 4 is 19.4 Å². The summed E-state index contributed by atoms with van der Waals surface area (Å²) in [5.74, 6) is 0. The molecule has 0 saturated carbocycles. The third-order valence-corrected chi connectivity index (χ3v) is 5.13. The van der Waals surface area contributed by atoms with Gasteiger partial charge in [-0.1, -0.05) is 0 Å².